The van der Waals surface area contributed by atoms with Gasteiger partial charge < -0.3 is 4.74 Å². The number of allylic oxidation sites excluding steroid dienone is 2. The number of unbranched alkanes of at least 4 members (excludes halogenated alkanes) is 4. The van der Waals surface area contributed by atoms with Gasteiger partial charge in [-0.2, -0.15) is 39.5 Å². The van der Waals surface area contributed by atoms with Crippen molar-refractivity contribution in [1.82, 2.24) is 0 Å². The summed E-state index contributed by atoms with van der Waals surface area (Å²) in [6, 6.07) is 0. The zero-order chi connectivity index (χ0) is 19.9. The molecule has 0 atom stereocenters. The number of halogens is 9. The average molecular weight is 388 g/mol. The number of hydrogen-bond donors (Lipinski definition) is 0. The Morgan fingerprint density at radius 2 is 1.36 bits per heavy atom. The summed E-state index contributed by atoms with van der Waals surface area (Å²) in [5, 5.41) is 0. The predicted octanol–water partition coefficient (Wildman–Crippen LogP) is 5.52. The van der Waals surface area contributed by atoms with Gasteiger partial charge in [0.2, 0.25) is 0 Å². The Labute approximate surface area is 138 Å². The van der Waals surface area contributed by atoms with Gasteiger partial charge in [-0.25, -0.2) is 0 Å². The maximum absolute atomic E-state index is 13.1. The summed E-state index contributed by atoms with van der Waals surface area (Å²) in [5.41, 5.74) is 0. The summed E-state index contributed by atoms with van der Waals surface area (Å²) < 4.78 is 118. The van der Waals surface area contributed by atoms with E-state index < -0.39 is 36.0 Å². The molecule has 0 aliphatic heterocycles. The molecule has 0 radical (unpaired) electrons. The van der Waals surface area contributed by atoms with Crippen LogP contribution in [0.1, 0.15) is 39.0 Å². The smallest absolute Gasteiger partial charge is 0.460 e. The molecule has 25 heavy (non-hydrogen) atoms. The molecule has 0 saturated heterocycles. The fourth-order valence-electron chi connectivity index (χ4n) is 1.66. The molecule has 0 rings (SSSR count). The molecule has 11 heteroatoms. The van der Waals surface area contributed by atoms with E-state index in [9.17, 15) is 44.3 Å². The number of carbonyl (C=O) groups excluding carboxylic acids is 1. The summed E-state index contributed by atoms with van der Waals surface area (Å²) in [6.45, 7) is 1.37. The van der Waals surface area contributed by atoms with Gasteiger partial charge in [0, 0.05) is 6.92 Å². The molecule has 0 spiro atoms. The quantitative estimate of drug-likeness (QED) is 0.213. The topological polar surface area (TPSA) is 26.3 Å². The van der Waals surface area contributed by atoms with Crippen molar-refractivity contribution in [2.45, 2.75) is 63.0 Å². The van der Waals surface area contributed by atoms with Crippen LogP contribution in [0.5, 0.6) is 0 Å². The van der Waals surface area contributed by atoms with Crippen LogP contribution in [0.2, 0.25) is 0 Å². The maximum atomic E-state index is 13.1. The van der Waals surface area contributed by atoms with Crippen LogP contribution in [0, 0.1) is 0 Å². The summed E-state index contributed by atoms with van der Waals surface area (Å²) in [7, 11) is 0. The van der Waals surface area contributed by atoms with Gasteiger partial charge in [-0.05, 0) is 25.3 Å². The zero-order valence-electron chi connectivity index (χ0n) is 13.1. The molecule has 0 N–H and O–H groups in total. The number of ether oxygens (including phenoxy) is 1. The molecule has 0 heterocycles. The molecule has 0 aromatic rings. The molecule has 2 nitrogen and oxygen atoms in total. The number of rotatable bonds is 10. The highest BCUT2D eigenvalue weighted by atomic mass is 19.4. The third-order valence-electron chi connectivity index (χ3n) is 3.07. The van der Waals surface area contributed by atoms with Gasteiger partial charge in [0.25, 0.3) is 0 Å². The van der Waals surface area contributed by atoms with Gasteiger partial charge in [-0.3, -0.25) is 4.79 Å². The number of esters is 1. The highest BCUT2D eigenvalue weighted by Gasteiger charge is 2.81. The second kappa shape index (κ2) is 8.79. The van der Waals surface area contributed by atoms with Gasteiger partial charge in [0.1, 0.15) is 0 Å². The average Bonchev–Trinajstić information content (AvgIpc) is 2.43. The van der Waals surface area contributed by atoms with E-state index in [4.69, 9.17) is 0 Å². The lowest BCUT2D eigenvalue weighted by atomic mass is 10.0. The molecule has 148 valence electrons. The van der Waals surface area contributed by atoms with Crippen molar-refractivity contribution in [2.24, 2.45) is 0 Å². The SMILES string of the molecule is CC(=O)OCCCCCCC=CC(F)(F)C(F)(F)C(F)(F)C(F)(F)F. The summed E-state index contributed by atoms with van der Waals surface area (Å²) in [6.07, 6.45) is -5.56. The molecule has 0 unspecified atom stereocenters. The first-order valence-corrected chi connectivity index (χ1v) is 7.18. The number of alkyl halides is 9. The lowest BCUT2D eigenvalue weighted by molar-refractivity contribution is -0.388. The Morgan fingerprint density at radius 1 is 0.840 bits per heavy atom. The summed E-state index contributed by atoms with van der Waals surface area (Å²) >= 11 is 0. The Bertz CT molecular complexity index is 456. The third kappa shape index (κ3) is 6.43. The summed E-state index contributed by atoms with van der Waals surface area (Å²) in [5.74, 6) is -19.6. The number of hydrogen-bond acceptors (Lipinski definition) is 2. The van der Waals surface area contributed by atoms with Crippen LogP contribution in [-0.4, -0.2) is 36.5 Å². The van der Waals surface area contributed by atoms with E-state index in [2.05, 4.69) is 4.74 Å². The monoisotopic (exact) mass is 388 g/mol. The van der Waals surface area contributed by atoms with Gasteiger partial charge in [-0.15, -0.1) is 0 Å². The van der Waals surface area contributed by atoms with Crippen LogP contribution in [0.15, 0.2) is 12.2 Å². The minimum atomic E-state index is -6.87. The van der Waals surface area contributed by atoms with Crippen molar-refractivity contribution in [1.29, 1.82) is 0 Å². The second-order valence-corrected chi connectivity index (χ2v) is 5.21. The Balaban J connectivity index is 4.47. The zero-order valence-corrected chi connectivity index (χ0v) is 13.1. The van der Waals surface area contributed by atoms with Gasteiger partial charge in [-0.1, -0.05) is 18.9 Å². The first-order chi connectivity index (χ1) is 11.2. The Hall–Kier alpha value is -1.42. The summed E-state index contributed by atoms with van der Waals surface area (Å²) in [4.78, 5) is 10.4. The van der Waals surface area contributed by atoms with Crippen molar-refractivity contribution >= 4 is 5.97 Å². The molecule has 0 saturated carbocycles. The van der Waals surface area contributed by atoms with Crippen molar-refractivity contribution in [3.05, 3.63) is 12.2 Å². The van der Waals surface area contributed by atoms with Crippen molar-refractivity contribution in [3.63, 3.8) is 0 Å². The van der Waals surface area contributed by atoms with Gasteiger partial charge in [0.15, 0.2) is 0 Å². The van der Waals surface area contributed by atoms with Gasteiger partial charge >= 0.3 is 29.9 Å². The van der Waals surface area contributed by atoms with Crippen LogP contribution in [0.3, 0.4) is 0 Å². The molecular weight excluding hydrogens is 371 g/mol. The van der Waals surface area contributed by atoms with Crippen LogP contribution in [0.25, 0.3) is 0 Å². The first-order valence-electron chi connectivity index (χ1n) is 7.18. The molecule has 0 fully saturated rings. The third-order valence-corrected chi connectivity index (χ3v) is 3.07. The lowest BCUT2D eigenvalue weighted by Gasteiger charge is -2.32. The van der Waals surface area contributed by atoms with E-state index in [0.29, 0.717) is 25.3 Å². The minimum absolute atomic E-state index is 0.155. The normalized spacial score (nSPS) is 14.2. The van der Waals surface area contributed by atoms with Crippen LogP contribution >= 0.6 is 0 Å². The van der Waals surface area contributed by atoms with Crippen LogP contribution in [-0.2, 0) is 9.53 Å². The van der Waals surface area contributed by atoms with Gasteiger partial charge in [0.05, 0.1) is 6.61 Å². The van der Waals surface area contributed by atoms with Crippen molar-refractivity contribution < 1.29 is 49.0 Å². The van der Waals surface area contributed by atoms with E-state index in [1.54, 1.807) is 0 Å². The highest BCUT2D eigenvalue weighted by Crippen LogP contribution is 2.53. The van der Waals surface area contributed by atoms with Crippen LogP contribution in [0.4, 0.5) is 39.5 Å². The molecular formula is C14H17F9O2. The largest absolute Gasteiger partial charge is 0.466 e. The molecule has 0 aromatic heterocycles. The first kappa shape index (κ1) is 23.6. The second-order valence-electron chi connectivity index (χ2n) is 5.21. The minimum Gasteiger partial charge on any atom is -0.466 e. The van der Waals surface area contributed by atoms with Crippen molar-refractivity contribution in [2.75, 3.05) is 6.61 Å². The fraction of sp³-hybridized carbons (Fsp3) is 0.786. The fourth-order valence-corrected chi connectivity index (χ4v) is 1.66. The maximum Gasteiger partial charge on any atom is 0.460 e. The predicted molar refractivity (Wildman–Crippen MR) is 69.8 cm³/mol. The molecule has 0 aromatic carbocycles. The molecule has 0 amide bonds. The van der Waals surface area contributed by atoms with E-state index in [0.717, 1.165) is 0 Å². The van der Waals surface area contributed by atoms with E-state index >= 15 is 0 Å². The lowest BCUT2D eigenvalue weighted by Crippen LogP contribution is -2.60. The molecule has 0 bridgehead atoms. The molecule has 0 aliphatic carbocycles. The Kier molecular flexibility index (Phi) is 8.29. The number of carbonyl (C=O) groups is 1. The van der Waals surface area contributed by atoms with Crippen molar-refractivity contribution in [3.8, 4) is 0 Å². The Morgan fingerprint density at radius 3 is 1.84 bits per heavy atom. The standard InChI is InChI=1S/C14H17F9O2/c1-10(24)25-9-7-5-3-2-4-6-8-11(15,16)12(17,18)13(19,20)14(21,22)23/h6,8H,2-5,7,9H2,1H3. The highest BCUT2D eigenvalue weighted by molar-refractivity contribution is 5.65. The van der Waals surface area contributed by atoms with E-state index in [1.165, 1.54) is 6.92 Å². The molecule has 0 aliphatic rings. The van der Waals surface area contributed by atoms with Crippen LogP contribution < -0.4 is 0 Å². The van der Waals surface area contributed by atoms with E-state index in [1.807, 2.05) is 0 Å². The van der Waals surface area contributed by atoms with E-state index in [-0.39, 0.29) is 19.4 Å².